The summed E-state index contributed by atoms with van der Waals surface area (Å²) >= 11 is 1.08. The van der Waals surface area contributed by atoms with Crippen molar-refractivity contribution in [1.82, 2.24) is 8.94 Å². The highest BCUT2D eigenvalue weighted by Gasteiger charge is 2.17. The van der Waals surface area contributed by atoms with Gasteiger partial charge in [0.25, 0.3) is 4.74 Å². The van der Waals surface area contributed by atoms with Gasteiger partial charge in [0.05, 0.1) is 21.6 Å². The minimum atomic E-state index is -3.42. The Hall–Kier alpha value is -2.38. The smallest absolute Gasteiger partial charge is 0.257 e. The number of aromatic nitrogens is 2. The van der Waals surface area contributed by atoms with Crippen LogP contribution >= 0.6 is 11.5 Å². The Bertz CT molecular complexity index is 1260. The van der Waals surface area contributed by atoms with Gasteiger partial charge in [-0.25, -0.2) is 8.42 Å². The summed E-state index contributed by atoms with van der Waals surface area (Å²) in [5, 5.41) is 1.60. The van der Waals surface area contributed by atoms with E-state index in [4.69, 9.17) is 0 Å². The first-order valence-corrected chi connectivity index (χ1v) is 10.8. The van der Waals surface area contributed by atoms with Gasteiger partial charge in [-0.3, -0.25) is 8.75 Å². The number of para-hydroxylation sites is 1. The number of H-pyrrole nitrogens is 1. The van der Waals surface area contributed by atoms with E-state index in [0.29, 0.717) is 18.2 Å². The van der Waals surface area contributed by atoms with Gasteiger partial charge in [0.15, 0.2) is 9.84 Å². The Balaban J connectivity index is 1.54. The summed E-state index contributed by atoms with van der Waals surface area (Å²) in [5.41, 5.74) is 2.94. The topological polar surface area (TPSA) is 71.9 Å². The monoisotopic (exact) mass is 386 g/mol. The largest absolute Gasteiger partial charge is 0.361 e. The van der Waals surface area contributed by atoms with Crippen LogP contribution in [0.2, 0.25) is 0 Å². The zero-order valence-corrected chi connectivity index (χ0v) is 15.9. The summed E-state index contributed by atoms with van der Waals surface area (Å²) in [6.07, 6.45) is 3.16. The molecule has 0 aliphatic carbocycles. The number of hydrogen-bond donors (Lipinski definition) is 1. The van der Waals surface area contributed by atoms with Crippen LogP contribution in [0.15, 0.2) is 58.4 Å². The van der Waals surface area contributed by atoms with Gasteiger partial charge >= 0.3 is 0 Å². The molecular formula is C19H18N2O3S2. The van der Waals surface area contributed by atoms with Gasteiger partial charge in [0.2, 0.25) is 0 Å². The van der Waals surface area contributed by atoms with Crippen molar-refractivity contribution in [2.75, 3.05) is 5.75 Å². The van der Waals surface area contributed by atoms with Crippen LogP contribution < -0.4 is 4.74 Å². The maximum Gasteiger partial charge on any atom is 0.257 e. The highest BCUT2D eigenvalue weighted by Crippen LogP contribution is 2.22. The second kappa shape index (κ2) is 6.41. The van der Waals surface area contributed by atoms with Crippen LogP contribution in [-0.4, -0.2) is 23.1 Å². The minimum Gasteiger partial charge on any atom is -0.361 e. The predicted molar refractivity (Wildman–Crippen MR) is 106 cm³/mol. The third-order valence-corrected chi connectivity index (χ3v) is 7.29. The SMILES string of the molecule is Cn1sc(=O)c2cc(S(=O)(=O)CCCc3c[nH]c4ccccc34)ccc21. The van der Waals surface area contributed by atoms with Gasteiger partial charge in [-0.15, -0.1) is 0 Å². The maximum atomic E-state index is 12.7. The van der Waals surface area contributed by atoms with Crippen LogP contribution in [0.4, 0.5) is 0 Å². The molecule has 5 nitrogen and oxygen atoms in total. The lowest BCUT2D eigenvalue weighted by atomic mass is 10.1. The van der Waals surface area contributed by atoms with Crippen molar-refractivity contribution in [3.8, 4) is 0 Å². The molecular weight excluding hydrogens is 368 g/mol. The predicted octanol–water partition coefficient (Wildman–Crippen LogP) is 3.49. The molecule has 2 heterocycles. The number of fused-ring (bicyclic) bond motifs is 2. The zero-order valence-electron chi connectivity index (χ0n) is 14.2. The number of sulfone groups is 1. The van der Waals surface area contributed by atoms with E-state index in [1.807, 2.05) is 30.5 Å². The summed E-state index contributed by atoms with van der Waals surface area (Å²) in [6, 6.07) is 12.8. The van der Waals surface area contributed by atoms with E-state index in [2.05, 4.69) is 4.98 Å². The molecule has 0 bridgehead atoms. The van der Waals surface area contributed by atoms with Crippen molar-refractivity contribution in [2.45, 2.75) is 17.7 Å². The van der Waals surface area contributed by atoms with Gasteiger partial charge < -0.3 is 4.98 Å². The third kappa shape index (κ3) is 2.97. The fraction of sp³-hybridized carbons (Fsp3) is 0.211. The Morgan fingerprint density at radius 3 is 2.77 bits per heavy atom. The Morgan fingerprint density at radius 2 is 1.92 bits per heavy atom. The van der Waals surface area contributed by atoms with Gasteiger partial charge in [0, 0.05) is 24.1 Å². The average molecular weight is 386 g/mol. The molecule has 2 aromatic carbocycles. The molecule has 0 atom stereocenters. The van der Waals surface area contributed by atoms with Crippen molar-refractivity contribution in [3.05, 3.63) is 63.8 Å². The molecule has 1 N–H and O–H groups in total. The van der Waals surface area contributed by atoms with Gasteiger partial charge in [-0.2, -0.15) is 0 Å². The number of aryl methyl sites for hydroxylation is 2. The van der Waals surface area contributed by atoms with Crippen LogP contribution in [0, 0.1) is 0 Å². The number of aromatic amines is 1. The normalized spacial score (nSPS) is 12.2. The molecule has 134 valence electrons. The van der Waals surface area contributed by atoms with Crippen LogP contribution in [0.5, 0.6) is 0 Å². The Labute approximate surface area is 155 Å². The standard InChI is InChI=1S/C19H18N2O3S2/c1-21-18-9-8-14(11-16(18)19(22)25-21)26(23,24)10-4-5-13-12-20-17-7-3-2-6-15(13)17/h2-3,6-9,11-12,20H,4-5,10H2,1H3. The van der Waals surface area contributed by atoms with Gasteiger partial charge in [0.1, 0.15) is 0 Å². The zero-order chi connectivity index (χ0) is 18.3. The summed E-state index contributed by atoms with van der Waals surface area (Å²) < 4.78 is 27.0. The van der Waals surface area contributed by atoms with E-state index in [-0.39, 0.29) is 15.4 Å². The van der Waals surface area contributed by atoms with Crippen LogP contribution in [0.3, 0.4) is 0 Å². The minimum absolute atomic E-state index is 0.0580. The molecule has 0 unspecified atom stereocenters. The van der Waals surface area contributed by atoms with Crippen molar-refractivity contribution in [2.24, 2.45) is 7.05 Å². The molecule has 0 aliphatic rings. The van der Waals surface area contributed by atoms with Crippen LogP contribution in [0.1, 0.15) is 12.0 Å². The molecule has 0 aliphatic heterocycles. The fourth-order valence-corrected chi connectivity index (χ4v) is 5.38. The summed E-state index contributed by atoms with van der Waals surface area (Å²) in [4.78, 5) is 15.4. The molecule has 0 spiro atoms. The van der Waals surface area contributed by atoms with Crippen molar-refractivity contribution in [1.29, 1.82) is 0 Å². The second-order valence-electron chi connectivity index (χ2n) is 6.34. The Kier molecular flexibility index (Phi) is 4.20. The lowest BCUT2D eigenvalue weighted by Crippen LogP contribution is -2.08. The van der Waals surface area contributed by atoms with E-state index >= 15 is 0 Å². The quantitative estimate of drug-likeness (QED) is 0.571. The number of rotatable bonds is 5. The van der Waals surface area contributed by atoms with Gasteiger partial charge in [-0.05, 0) is 54.2 Å². The Morgan fingerprint density at radius 1 is 1.12 bits per heavy atom. The first-order chi connectivity index (χ1) is 12.5. The van der Waals surface area contributed by atoms with E-state index in [1.165, 1.54) is 6.07 Å². The lowest BCUT2D eigenvalue weighted by Gasteiger charge is -2.05. The van der Waals surface area contributed by atoms with E-state index in [1.54, 1.807) is 23.1 Å². The highest BCUT2D eigenvalue weighted by molar-refractivity contribution is 7.91. The summed E-state index contributed by atoms with van der Waals surface area (Å²) in [5.74, 6) is 0.0580. The maximum absolute atomic E-state index is 12.7. The highest BCUT2D eigenvalue weighted by atomic mass is 32.2. The lowest BCUT2D eigenvalue weighted by molar-refractivity contribution is 0.593. The molecule has 7 heteroatoms. The number of nitrogens with one attached hydrogen (secondary N) is 1. The van der Waals surface area contributed by atoms with E-state index in [0.717, 1.165) is 33.5 Å². The van der Waals surface area contributed by atoms with Crippen LogP contribution in [-0.2, 0) is 23.3 Å². The molecule has 0 fully saturated rings. The van der Waals surface area contributed by atoms with Gasteiger partial charge in [-0.1, -0.05) is 18.2 Å². The number of hydrogen-bond acceptors (Lipinski definition) is 4. The average Bonchev–Trinajstić information content (AvgIpc) is 3.16. The number of nitrogens with zero attached hydrogens (tertiary/aromatic N) is 1. The molecule has 4 aromatic rings. The molecule has 2 aromatic heterocycles. The third-order valence-electron chi connectivity index (χ3n) is 4.64. The summed E-state index contributed by atoms with van der Waals surface area (Å²) in [6.45, 7) is 0. The summed E-state index contributed by atoms with van der Waals surface area (Å²) in [7, 11) is -1.62. The van der Waals surface area contributed by atoms with E-state index in [9.17, 15) is 13.2 Å². The molecule has 0 radical (unpaired) electrons. The molecule has 26 heavy (non-hydrogen) atoms. The first-order valence-electron chi connectivity index (χ1n) is 8.33. The molecule has 0 saturated heterocycles. The number of benzene rings is 2. The van der Waals surface area contributed by atoms with E-state index < -0.39 is 9.84 Å². The van der Waals surface area contributed by atoms with Crippen molar-refractivity contribution >= 4 is 43.2 Å². The van der Waals surface area contributed by atoms with Crippen molar-refractivity contribution in [3.63, 3.8) is 0 Å². The first kappa shape index (κ1) is 17.1. The molecule has 0 saturated carbocycles. The molecule has 4 rings (SSSR count). The second-order valence-corrected chi connectivity index (χ2v) is 9.55. The molecule has 0 amide bonds. The van der Waals surface area contributed by atoms with Crippen LogP contribution in [0.25, 0.3) is 21.8 Å². The van der Waals surface area contributed by atoms with Crippen molar-refractivity contribution < 1.29 is 8.42 Å². The fourth-order valence-electron chi connectivity index (χ4n) is 3.28.